The molecule has 1 aliphatic heterocycles. The van der Waals surface area contributed by atoms with Gasteiger partial charge in [-0.05, 0) is 37.3 Å². The van der Waals surface area contributed by atoms with Crippen LogP contribution in [0.3, 0.4) is 0 Å². The summed E-state index contributed by atoms with van der Waals surface area (Å²) in [6.45, 7) is 7.60. The molecule has 2 unspecified atom stereocenters. The van der Waals surface area contributed by atoms with E-state index in [1.165, 1.54) is 6.07 Å². The molecule has 1 heterocycles. The Hall–Kier alpha value is -0.780. The van der Waals surface area contributed by atoms with Crippen molar-refractivity contribution in [1.29, 1.82) is 0 Å². The number of halogens is 1. The highest BCUT2D eigenvalue weighted by Gasteiger charge is 2.32. The molecule has 0 amide bonds. The minimum atomic E-state index is -3.49. The summed E-state index contributed by atoms with van der Waals surface area (Å²) in [5.41, 5.74) is 0. The summed E-state index contributed by atoms with van der Waals surface area (Å²) in [6.07, 6.45) is 1.07. The number of rotatable bonds is 4. The van der Waals surface area contributed by atoms with Crippen molar-refractivity contribution in [2.24, 2.45) is 11.8 Å². The van der Waals surface area contributed by atoms with Crippen molar-refractivity contribution in [2.75, 3.05) is 19.7 Å². The zero-order chi connectivity index (χ0) is 15.6. The molecule has 1 saturated heterocycles. The van der Waals surface area contributed by atoms with Gasteiger partial charge in [-0.2, -0.15) is 4.31 Å². The molecule has 0 radical (unpaired) electrons. The second kappa shape index (κ2) is 6.55. The summed E-state index contributed by atoms with van der Waals surface area (Å²) in [5, 5.41) is 0.427. The molecule has 0 saturated carbocycles. The first kappa shape index (κ1) is 16.6. The summed E-state index contributed by atoms with van der Waals surface area (Å²) >= 11 is 6.02. The van der Waals surface area contributed by atoms with Crippen LogP contribution in [0.4, 0.5) is 0 Å². The highest BCUT2D eigenvalue weighted by atomic mass is 35.5. The topological polar surface area (TPSA) is 46.6 Å². The highest BCUT2D eigenvalue weighted by Crippen LogP contribution is 2.31. The van der Waals surface area contributed by atoms with Crippen LogP contribution in [0, 0.1) is 11.8 Å². The van der Waals surface area contributed by atoms with E-state index in [9.17, 15) is 8.42 Å². The molecule has 1 aromatic rings. The van der Waals surface area contributed by atoms with Crippen molar-refractivity contribution in [2.45, 2.75) is 32.1 Å². The maximum absolute atomic E-state index is 12.8. The van der Waals surface area contributed by atoms with E-state index in [4.69, 9.17) is 16.3 Å². The SMILES string of the molecule is CCOc1cc(S(=O)(=O)N2CC(C)CC(C)C2)ccc1Cl. The number of ether oxygens (including phenoxy) is 1. The Morgan fingerprint density at radius 3 is 2.48 bits per heavy atom. The Morgan fingerprint density at radius 1 is 1.29 bits per heavy atom. The summed E-state index contributed by atoms with van der Waals surface area (Å²) in [5.74, 6) is 1.17. The van der Waals surface area contributed by atoms with Gasteiger partial charge in [-0.1, -0.05) is 25.4 Å². The Kier molecular flexibility index (Phi) is 5.17. The summed E-state index contributed by atoms with van der Waals surface area (Å²) in [7, 11) is -3.49. The third-order valence-electron chi connectivity index (χ3n) is 3.68. The molecule has 21 heavy (non-hydrogen) atoms. The zero-order valence-corrected chi connectivity index (χ0v) is 14.2. The third-order valence-corrected chi connectivity index (χ3v) is 5.82. The smallest absolute Gasteiger partial charge is 0.243 e. The maximum atomic E-state index is 12.8. The summed E-state index contributed by atoms with van der Waals surface area (Å²) < 4.78 is 32.5. The molecule has 1 aliphatic rings. The first-order valence-corrected chi connectivity index (χ1v) is 9.09. The van der Waals surface area contributed by atoms with Gasteiger partial charge in [-0.15, -0.1) is 0 Å². The van der Waals surface area contributed by atoms with E-state index in [1.54, 1.807) is 16.4 Å². The minimum Gasteiger partial charge on any atom is -0.492 e. The normalized spacial score (nSPS) is 24.0. The van der Waals surface area contributed by atoms with Crippen molar-refractivity contribution >= 4 is 21.6 Å². The molecule has 0 spiro atoms. The first-order chi connectivity index (χ1) is 9.84. The largest absolute Gasteiger partial charge is 0.492 e. The molecule has 1 aromatic carbocycles. The van der Waals surface area contributed by atoms with Gasteiger partial charge in [-0.3, -0.25) is 0 Å². The third kappa shape index (κ3) is 3.71. The molecule has 1 fully saturated rings. The molecule has 0 bridgehead atoms. The van der Waals surface area contributed by atoms with E-state index >= 15 is 0 Å². The fourth-order valence-electron chi connectivity index (χ4n) is 2.86. The zero-order valence-electron chi connectivity index (χ0n) is 12.7. The van der Waals surface area contributed by atoms with Crippen molar-refractivity contribution < 1.29 is 13.2 Å². The van der Waals surface area contributed by atoms with Crippen molar-refractivity contribution in [1.82, 2.24) is 4.31 Å². The van der Waals surface area contributed by atoms with Crippen LogP contribution in [0.25, 0.3) is 0 Å². The van der Waals surface area contributed by atoms with Gasteiger partial charge >= 0.3 is 0 Å². The van der Waals surface area contributed by atoms with Gasteiger partial charge in [-0.25, -0.2) is 8.42 Å². The lowest BCUT2D eigenvalue weighted by atomic mass is 9.94. The second-order valence-corrected chi connectivity index (χ2v) is 8.14. The fourth-order valence-corrected chi connectivity index (χ4v) is 4.73. The Morgan fingerprint density at radius 2 is 1.90 bits per heavy atom. The molecule has 2 atom stereocenters. The molecule has 0 N–H and O–H groups in total. The van der Waals surface area contributed by atoms with Gasteiger partial charge in [0.05, 0.1) is 16.5 Å². The van der Waals surface area contributed by atoms with Crippen molar-refractivity contribution in [3.05, 3.63) is 23.2 Å². The number of hydrogen-bond acceptors (Lipinski definition) is 3. The van der Waals surface area contributed by atoms with E-state index in [-0.39, 0.29) is 4.90 Å². The molecule has 6 heteroatoms. The van der Waals surface area contributed by atoms with E-state index in [2.05, 4.69) is 13.8 Å². The number of nitrogens with zero attached hydrogens (tertiary/aromatic N) is 1. The lowest BCUT2D eigenvalue weighted by Gasteiger charge is -2.34. The number of sulfonamides is 1. The summed E-state index contributed by atoms with van der Waals surface area (Å²) in [4.78, 5) is 0.247. The quantitative estimate of drug-likeness (QED) is 0.849. The van der Waals surface area contributed by atoms with Crippen LogP contribution in [0.5, 0.6) is 5.75 Å². The molecule has 4 nitrogen and oxygen atoms in total. The lowest BCUT2D eigenvalue weighted by Crippen LogP contribution is -2.42. The minimum absolute atomic E-state index is 0.247. The van der Waals surface area contributed by atoms with Crippen LogP contribution in [-0.4, -0.2) is 32.4 Å². The van der Waals surface area contributed by atoms with Gasteiger partial charge in [0, 0.05) is 19.2 Å². The number of benzene rings is 1. The monoisotopic (exact) mass is 331 g/mol. The number of piperidine rings is 1. The summed E-state index contributed by atoms with van der Waals surface area (Å²) in [6, 6.07) is 4.64. The maximum Gasteiger partial charge on any atom is 0.243 e. The highest BCUT2D eigenvalue weighted by molar-refractivity contribution is 7.89. The lowest BCUT2D eigenvalue weighted by molar-refractivity contribution is 0.222. The average molecular weight is 332 g/mol. The first-order valence-electron chi connectivity index (χ1n) is 7.27. The molecule has 0 aliphatic carbocycles. The van der Waals surface area contributed by atoms with Gasteiger partial charge in [0.25, 0.3) is 0 Å². The van der Waals surface area contributed by atoms with Crippen molar-refractivity contribution in [3.8, 4) is 5.75 Å². The van der Waals surface area contributed by atoms with Crippen LogP contribution < -0.4 is 4.74 Å². The van der Waals surface area contributed by atoms with Crippen molar-refractivity contribution in [3.63, 3.8) is 0 Å². The van der Waals surface area contributed by atoms with Crippen LogP contribution in [0.1, 0.15) is 27.2 Å². The van der Waals surface area contributed by atoms with Crippen LogP contribution in [-0.2, 0) is 10.0 Å². The van der Waals surface area contributed by atoms with E-state index < -0.39 is 10.0 Å². The standard InChI is InChI=1S/C15H22ClNO3S/c1-4-20-15-8-13(5-6-14(15)16)21(18,19)17-9-11(2)7-12(3)10-17/h5-6,8,11-12H,4,7,9-10H2,1-3H3. The molecular weight excluding hydrogens is 310 g/mol. The van der Waals surface area contributed by atoms with Gasteiger partial charge in [0.15, 0.2) is 0 Å². The second-order valence-electron chi connectivity index (χ2n) is 5.79. The number of hydrogen-bond donors (Lipinski definition) is 0. The average Bonchev–Trinajstić information content (AvgIpc) is 2.40. The molecular formula is C15H22ClNO3S. The Bertz CT molecular complexity index is 593. The van der Waals surface area contributed by atoms with Crippen LogP contribution in [0.2, 0.25) is 5.02 Å². The predicted molar refractivity (Wildman–Crippen MR) is 84.3 cm³/mol. The molecule has 118 valence electrons. The van der Waals surface area contributed by atoms with Gasteiger partial charge in [0.2, 0.25) is 10.0 Å². The van der Waals surface area contributed by atoms with Crippen LogP contribution >= 0.6 is 11.6 Å². The molecule has 2 rings (SSSR count). The van der Waals surface area contributed by atoms with Gasteiger partial charge in [0.1, 0.15) is 5.75 Å². The van der Waals surface area contributed by atoms with E-state index in [0.717, 1.165) is 6.42 Å². The fraction of sp³-hybridized carbons (Fsp3) is 0.600. The molecule has 0 aromatic heterocycles. The van der Waals surface area contributed by atoms with E-state index in [0.29, 0.717) is 42.3 Å². The predicted octanol–water partition coefficient (Wildman–Crippen LogP) is 3.41. The van der Waals surface area contributed by atoms with Crippen LogP contribution in [0.15, 0.2) is 23.1 Å². The van der Waals surface area contributed by atoms with E-state index in [1.807, 2.05) is 6.92 Å². The Balaban J connectivity index is 2.33. The Labute approximate surface area is 132 Å². The van der Waals surface area contributed by atoms with Gasteiger partial charge < -0.3 is 4.74 Å².